The Labute approximate surface area is 150 Å². The molecule has 0 atom stereocenters. The summed E-state index contributed by atoms with van der Waals surface area (Å²) in [5, 5.41) is 0.857. The zero-order valence-electron chi connectivity index (χ0n) is 13.8. The highest BCUT2D eigenvalue weighted by Gasteiger charge is 2.17. The summed E-state index contributed by atoms with van der Waals surface area (Å²) >= 11 is 1.45. The van der Waals surface area contributed by atoms with Gasteiger partial charge in [0, 0.05) is 17.0 Å². The van der Waals surface area contributed by atoms with Gasteiger partial charge in [-0.15, -0.1) is 11.3 Å². The van der Waals surface area contributed by atoms with Crippen LogP contribution in [0.25, 0.3) is 10.6 Å². The largest absolute Gasteiger partial charge is 0.241 e. The molecule has 2 aromatic carbocycles. The van der Waals surface area contributed by atoms with E-state index in [0.29, 0.717) is 0 Å². The lowest BCUT2D eigenvalue weighted by Crippen LogP contribution is -2.23. The van der Waals surface area contributed by atoms with Crippen LogP contribution in [-0.4, -0.2) is 13.4 Å². The van der Waals surface area contributed by atoms with Crippen LogP contribution < -0.4 is 4.72 Å². The second kappa shape index (κ2) is 7.03. The number of halogens is 1. The Hall–Kier alpha value is -2.09. The molecule has 0 radical (unpaired) electrons. The number of aromatic nitrogens is 1. The van der Waals surface area contributed by atoms with Crippen molar-refractivity contribution in [3.05, 3.63) is 70.5 Å². The van der Waals surface area contributed by atoms with Crippen LogP contribution >= 0.6 is 11.3 Å². The average Bonchev–Trinajstić information content (AvgIpc) is 2.94. The molecule has 0 bridgehead atoms. The molecule has 0 saturated carbocycles. The molecule has 0 amide bonds. The minimum absolute atomic E-state index is 0.0891. The van der Waals surface area contributed by atoms with E-state index in [1.54, 1.807) is 0 Å². The summed E-state index contributed by atoms with van der Waals surface area (Å²) in [5.41, 5.74) is 2.93. The van der Waals surface area contributed by atoms with E-state index < -0.39 is 15.8 Å². The number of hydrogen-bond donors (Lipinski definition) is 1. The van der Waals surface area contributed by atoms with Gasteiger partial charge in [-0.05, 0) is 37.6 Å². The van der Waals surface area contributed by atoms with Crippen LogP contribution in [0.3, 0.4) is 0 Å². The van der Waals surface area contributed by atoms with Gasteiger partial charge in [-0.25, -0.2) is 22.5 Å². The lowest BCUT2D eigenvalue weighted by molar-refractivity contribution is 0.577. The third-order valence-electron chi connectivity index (χ3n) is 3.80. The van der Waals surface area contributed by atoms with Gasteiger partial charge in [0.1, 0.15) is 10.8 Å². The second-order valence-corrected chi connectivity index (χ2v) is 8.48. The first-order valence-electron chi connectivity index (χ1n) is 7.64. The van der Waals surface area contributed by atoms with Crippen LogP contribution in [0.5, 0.6) is 0 Å². The monoisotopic (exact) mass is 376 g/mol. The smallest absolute Gasteiger partial charge is 0.241 e. The molecule has 7 heteroatoms. The zero-order chi connectivity index (χ0) is 18.0. The molecular formula is C18H17FN2O2S2. The second-order valence-electron chi connectivity index (χ2n) is 5.62. The molecule has 0 spiro atoms. The molecule has 3 rings (SSSR count). The van der Waals surface area contributed by atoms with E-state index in [4.69, 9.17) is 0 Å². The van der Waals surface area contributed by atoms with Gasteiger partial charge in [0.15, 0.2) is 0 Å². The Bertz CT molecular complexity index is 1010. The molecule has 0 aliphatic heterocycles. The van der Waals surface area contributed by atoms with E-state index in [1.165, 1.54) is 29.5 Å². The first-order chi connectivity index (χ1) is 11.9. The van der Waals surface area contributed by atoms with Crippen LogP contribution in [0, 0.1) is 19.7 Å². The van der Waals surface area contributed by atoms with Crippen molar-refractivity contribution in [1.82, 2.24) is 9.71 Å². The predicted molar refractivity (Wildman–Crippen MR) is 97.4 cm³/mol. The summed E-state index contributed by atoms with van der Waals surface area (Å²) in [4.78, 5) is 5.30. The lowest BCUT2D eigenvalue weighted by Gasteiger charge is -2.06. The molecule has 3 aromatic rings. The van der Waals surface area contributed by atoms with Crippen molar-refractivity contribution in [3.63, 3.8) is 0 Å². The van der Waals surface area contributed by atoms with Crippen LogP contribution in [0.4, 0.5) is 4.39 Å². The molecule has 0 fully saturated rings. The SMILES string of the molecule is Cc1ccccc1-c1nc(C)c(CNS(=O)(=O)c2cccc(F)c2)s1. The molecule has 1 heterocycles. The Morgan fingerprint density at radius 3 is 2.60 bits per heavy atom. The maximum absolute atomic E-state index is 13.3. The fourth-order valence-electron chi connectivity index (χ4n) is 2.40. The van der Waals surface area contributed by atoms with Crippen molar-refractivity contribution in [3.8, 4) is 10.6 Å². The number of rotatable bonds is 5. The molecule has 1 aromatic heterocycles. The quantitative estimate of drug-likeness (QED) is 0.731. The summed E-state index contributed by atoms with van der Waals surface area (Å²) < 4.78 is 40.4. The lowest BCUT2D eigenvalue weighted by atomic mass is 10.1. The van der Waals surface area contributed by atoms with Crippen molar-refractivity contribution in [2.75, 3.05) is 0 Å². The topological polar surface area (TPSA) is 59.1 Å². The average molecular weight is 376 g/mol. The molecule has 1 N–H and O–H groups in total. The maximum atomic E-state index is 13.3. The Morgan fingerprint density at radius 1 is 1.12 bits per heavy atom. The Morgan fingerprint density at radius 2 is 1.88 bits per heavy atom. The van der Waals surface area contributed by atoms with Gasteiger partial charge >= 0.3 is 0 Å². The summed E-state index contributed by atoms with van der Waals surface area (Å²) in [6.07, 6.45) is 0. The zero-order valence-corrected chi connectivity index (χ0v) is 15.4. The highest BCUT2D eigenvalue weighted by molar-refractivity contribution is 7.89. The van der Waals surface area contributed by atoms with Gasteiger partial charge in [0.2, 0.25) is 10.0 Å². The van der Waals surface area contributed by atoms with Crippen LogP contribution in [0.15, 0.2) is 53.4 Å². The minimum atomic E-state index is -3.77. The Balaban J connectivity index is 1.81. The number of benzene rings is 2. The van der Waals surface area contributed by atoms with Crippen LogP contribution in [0.1, 0.15) is 16.1 Å². The number of sulfonamides is 1. The van der Waals surface area contributed by atoms with Crippen molar-refractivity contribution >= 4 is 21.4 Å². The summed E-state index contributed by atoms with van der Waals surface area (Å²) in [6.45, 7) is 3.98. The van der Waals surface area contributed by atoms with E-state index in [-0.39, 0.29) is 11.4 Å². The molecule has 0 aliphatic carbocycles. The van der Waals surface area contributed by atoms with E-state index in [0.717, 1.165) is 32.8 Å². The molecular weight excluding hydrogens is 359 g/mol. The van der Waals surface area contributed by atoms with E-state index in [2.05, 4.69) is 9.71 Å². The van der Waals surface area contributed by atoms with E-state index >= 15 is 0 Å². The minimum Gasteiger partial charge on any atom is -0.241 e. The molecule has 0 unspecified atom stereocenters. The standard InChI is InChI=1S/C18H17FN2O2S2/c1-12-6-3-4-9-16(12)18-21-13(2)17(24-18)11-20-25(22,23)15-8-5-7-14(19)10-15/h3-10,20H,11H2,1-2H3. The molecule has 4 nitrogen and oxygen atoms in total. The van der Waals surface area contributed by atoms with Gasteiger partial charge in [-0.1, -0.05) is 30.3 Å². The molecule has 25 heavy (non-hydrogen) atoms. The third kappa shape index (κ3) is 3.95. The van der Waals surface area contributed by atoms with Crippen molar-refractivity contribution < 1.29 is 12.8 Å². The number of thiazole rings is 1. The van der Waals surface area contributed by atoms with Crippen molar-refractivity contribution in [2.45, 2.75) is 25.3 Å². The van der Waals surface area contributed by atoms with Gasteiger partial charge in [0.25, 0.3) is 0 Å². The number of nitrogens with one attached hydrogen (secondary N) is 1. The van der Waals surface area contributed by atoms with E-state index in [9.17, 15) is 12.8 Å². The van der Waals surface area contributed by atoms with Crippen molar-refractivity contribution in [2.24, 2.45) is 0 Å². The molecule has 0 aliphatic rings. The Kier molecular flexibility index (Phi) is 4.99. The summed E-state index contributed by atoms with van der Waals surface area (Å²) in [5.74, 6) is -0.585. The summed E-state index contributed by atoms with van der Waals surface area (Å²) in [7, 11) is -3.77. The summed E-state index contributed by atoms with van der Waals surface area (Å²) in [6, 6.07) is 12.9. The van der Waals surface area contributed by atoms with Gasteiger partial charge < -0.3 is 0 Å². The molecule has 0 saturated heterocycles. The highest BCUT2D eigenvalue weighted by atomic mass is 32.2. The van der Waals surface area contributed by atoms with Crippen LogP contribution in [-0.2, 0) is 16.6 Å². The number of nitrogens with zero attached hydrogens (tertiary/aromatic N) is 1. The first-order valence-corrected chi connectivity index (χ1v) is 9.94. The van der Waals surface area contributed by atoms with Gasteiger partial charge in [-0.3, -0.25) is 0 Å². The van der Waals surface area contributed by atoms with Gasteiger partial charge in [-0.2, -0.15) is 0 Å². The fraction of sp³-hybridized carbons (Fsp3) is 0.167. The highest BCUT2D eigenvalue weighted by Crippen LogP contribution is 2.30. The normalized spacial score (nSPS) is 11.6. The number of hydrogen-bond acceptors (Lipinski definition) is 4. The van der Waals surface area contributed by atoms with Gasteiger partial charge in [0.05, 0.1) is 10.6 Å². The van der Waals surface area contributed by atoms with Crippen LogP contribution in [0.2, 0.25) is 0 Å². The maximum Gasteiger partial charge on any atom is 0.241 e. The number of aryl methyl sites for hydroxylation is 2. The fourth-order valence-corrected chi connectivity index (χ4v) is 4.61. The predicted octanol–water partition coefficient (Wildman–Crippen LogP) is 4.04. The first kappa shape index (κ1) is 17.7. The van der Waals surface area contributed by atoms with E-state index in [1.807, 2.05) is 38.1 Å². The van der Waals surface area contributed by atoms with Crippen molar-refractivity contribution in [1.29, 1.82) is 0 Å². The molecule has 130 valence electrons. The third-order valence-corrected chi connectivity index (χ3v) is 6.39.